The van der Waals surface area contributed by atoms with Gasteiger partial charge in [-0.05, 0) is 0 Å². The topological polar surface area (TPSA) is 21.6 Å². The van der Waals surface area contributed by atoms with Crippen molar-refractivity contribution in [3.05, 3.63) is 0 Å². The van der Waals surface area contributed by atoms with E-state index in [1.807, 2.05) is 6.92 Å². The Balaban J connectivity index is 5.55. The van der Waals surface area contributed by atoms with Crippen LogP contribution in [0.1, 0.15) is 80.1 Å². The molecule has 0 aromatic rings. The van der Waals surface area contributed by atoms with Crippen LogP contribution in [-0.4, -0.2) is 35.4 Å². The van der Waals surface area contributed by atoms with E-state index in [2.05, 4.69) is 34.6 Å². The van der Waals surface area contributed by atoms with E-state index in [1.54, 1.807) is 7.11 Å². The Bertz CT molecular complexity index is 280. The van der Waals surface area contributed by atoms with Gasteiger partial charge in [0.1, 0.15) is 0 Å². The van der Waals surface area contributed by atoms with Crippen molar-refractivity contribution in [3.8, 4) is 0 Å². The van der Waals surface area contributed by atoms with Gasteiger partial charge in [-0.1, -0.05) is 0 Å². The van der Waals surface area contributed by atoms with E-state index in [4.69, 9.17) is 9.73 Å². The van der Waals surface area contributed by atoms with Crippen molar-refractivity contribution >= 4 is 24.3 Å². The van der Waals surface area contributed by atoms with Crippen LogP contribution >= 0.6 is 0 Å². The molecule has 0 amide bonds. The van der Waals surface area contributed by atoms with Crippen molar-refractivity contribution in [1.82, 2.24) is 0 Å². The molecular weight excluding hydrogens is 377 g/mol. The van der Waals surface area contributed by atoms with Crippen LogP contribution < -0.4 is 0 Å². The van der Waals surface area contributed by atoms with E-state index in [1.165, 1.54) is 51.8 Å². The van der Waals surface area contributed by atoms with Gasteiger partial charge in [-0.15, -0.1) is 0 Å². The zero-order valence-corrected chi connectivity index (χ0v) is 19.2. The van der Waals surface area contributed by atoms with Crippen molar-refractivity contribution < 1.29 is 4.74 Å². The van der Waals surface area contributed by atoms with Crippen molar-refractivity contribution in [2.45, 2.75) is 97.4 Å². The zero-order chi connectivity index (χ0) is 17.0. The van der Waals surface area contributed by atoms with Crippen LogP contribution in [0.2, 0.25) is 13.3 Å². The molecule has 0 fully saturated rings. The van der Waals surface area contributed by atoms with Crippen LogP contribution in [0, 0.1) is 5.92 Å². The Kier molecular flexibility index (Phi) is 12.8. The number of nitrogens with zero attached hydrogens (tertiary/aromatic N) is 1. The average molecular weight is 418 g/mol. The van der Waals surface area contributed by atoms with E-state index >= 15 is 0 Å². The van der Waals surface area contributed by atoms with Gasteiger partial charge in [0.15, 0.2) is 0 Å². The summed E-state index contributed by atoms with van der Waals surface area (Å²) in [6.07, 6.45) is 8.22. The predicted molar refractivity (Wildman–Crippen MR) is 104 cm³/mol. The van der Waals surface area contributed by atoms with Gasteiger partial charge >= 0.3 is 144 Å². The van der Waals surface area contributed by atoms with Gasteiger partial charge in [-0.2, -0.15) is 0 Å². The molecule has 0 aliphatic carbocycles. The second-order valence-corrected chi connectivity index (χ2v) is 21.0. The summed E-state index contributed by atoms with van der Waals surface area (Å²) in [5, 5.41) is 0. The maximum absolute atomic E-state index is 5.42. The first-order chi connectivity index (χ1) is 10.5. The minimum absolute atomic E-state index is 0.596. The monoisotopic (exact) mass is 419 g/mol. The Hall–Kier alpha value is 0.269. The zero-order valence-electron chi connectivity index (χ0n) is 16.4. The van der Waals surface area contributed by atoms with Crippen LogP contribution in [0.3, 0.4) is 0 Å². The number of hydrogen-bond donors (Lipinski definition) is 0. The van der Waals surface area contributed by atoms with Gasteiger partial charge in [0.2, 0.25) is 0 Å². The fourth-order valence-electron chi connectivity index (χ4n) is 3.65. The summed E-state index contributed by atoms with van der Waals surface area (Å²) >= 11 is -2.30. The molecule has 1 atom stereocenters. The molecule has 1 unspecified atom stereocenters. The Morgan fingerprint density at radius 1 is 0.909 bits per heavy atom. The summed E-state index contributed by atoms with van der Waals surface area (Å²) < 4.78 is 10.6. The molecule has 0 spiro atoms. The molecule has 0 aliphatic heterocycles. The number of methoxy groups -OCH3 is 1. The van der Waals surface area contributed by atoms with E-state index < -0.39 is 18.4 Å². The van der Waals surface area contributed by atoms with E-state index in [-0.39, 0.29) is 0 Å². The van der Waals surface area contributed by atoms with Crippen molar-refractivity contribution in [1.29, 1.82) is 0 Å². The molecule has 0 radical (unpaired) electrons. The minimum atomic E-state index is -2.30. The molecule has 0 aliphatic rings. The Labute approximate surface area is 144 Å². The van der Waals surface area contributed by atoms with Crippen LogP contribution in [0.4, 0.5) is 0 Å². The normalized spacial score (nSPS) is 14.5. The van der Waals surface area contributed by atoms with E-state index in [9.17, 15) is 0 Å². The SMILES string of the molecule is CCC[CH2][Sn]([CH2]CCC)([CH2]CCC)[CH](/N=C(\C)OC)C(C)C. The third-order valence-corrected chi connectivity index (χ3v) is 22.4. The first kappa shape index (κ1) is 22.3. The Morgan fingerprint density at radius 2 is 1.32 bits per heavy atom. The third-order valence-electron chi connectivity index (χ3n) is 4.96. The molecule has 0 rings (SSSR count). The molecule has 0 N–H and O–H groups in total. The van der Waals surface area contributed by atoms with Crippen molar-refractivity contribution in [3.63, 3.8) is 0 Å². The van der Waals surface area contributed by atoms with Gasteiger partial charge in [0.25, 0.3) is 0 Å². The molecule has 2 nitrogen and oxygen atoms in total. The molecular formula is C19H41NOSn. The van der Waals surface area contributed by atoms with Gasteiger partial charge in [0.05, 0.1) is 0 Å². The second-order valence-electron chi connectivity index (χ2n) is 7.21. The molecule has 0 saturated heterocycles. The van der Waals surface area contributed by atoms with Gasteiger partial charge < -0.3 is 0 Å². The van der Waals surface area contributed by atoms with Gasteiger partial charge in [-0.3, -0.25) is 0 Å². The number of hydrogen-bond acceptors (Lipinski definition) is 2. The summed E-state index contributed by atoms with van der Waals surface area (Å²) in [4.78, 5) is 5.11. The summed E-state index contributed by atoms with van der Waals surface area (Å²) in [7, 11) is 1.76. The first-order valence-corrected chi connectivity index (χ1v) is 17.3. The standard InChI is InChI=1S/C7H14NO.3C4H9.Sn/c1-6(2)5-8-7(3)9-4;3*1-3-4-2;/h5-6H,1-4H3;3*1,3-4H2,2H3;/b8-7+;;;;. The first-order valence-electron chi connectivity index (χ1n) is 9.55. The summed E-state index contributed by atoms with van der Waals surface area (Å²) in [5.41, 5.74) is 0. The Morgan fingerprint density at radius 3 is 1.59 bits per heavy atom. The molecule has 0 aromatic heterocycles. The van der Waals surface area contributed by atoms with Crippen LogP contribution in [0.25, 0.3) is 0 Å². The van der Waals surface area contributed by atoms with Crippen molar-refractivity contribution in [2.24, 2.45) is 10.9 Å². The molecule has 3 heteroatoms. The average Bonchev–Trinajstić information content (AvgIpc) is 2.52. The fourth-order valence-corrected chi connectivity index (χ4v) is 22.7. The van der Waals surface area contributed by atoms with Gasteiger partial charge in [-0.25, -0.2) is 0 Å². The number of unbranched alkanes of at least 4 members (excludes halogenated alkanes) is 3. The molecule has 0 heterocycles. The van der Waals surface area contributed by atoms with E-state index in [0.717, 1.165) is 5.90 Å². The third kappa shape index (κ3) is 7.70. The van der Waals surface area contributed by atoms with Crippen LogP contribution in [0.5, 0.6) is 0 Å². The number of rotatable bonds is 12. The van der Waals surface area contributed by atoms with Crippen molar-refractivity contribution in [2.75, 3.05) is 7.11 Å². The summed E-state index contributed by atoms with van der Waals surface area (Å²) in [6.45, 7) is 13.8. The second kappa shape index (κ2) is 12.7. The number of ether oxygens (including phenoxy) is 1. The molecule has 0 aromatic carbocycles. The summed E-state index contributed by atoms with van der Waals surface area (Å²) in [5.74, 6) is 1.55. The molecule has 0 bridgehead atoms. The number of aliphatic imine (C=N–C) groups is 1. The molecule has 22 heavy (non-hydrogen) atoms. The summed E-state index contributed by atoms with van der Waals surface area (Å²) in [6, 6.07) is 0. The fraction of sp³-hybridized carbons (Fsp3) is 0.947. The van der Waals surface area contributed by atoms with Crippen LogP contribution in [0.15, 0.2) is 4.99 Å². The van der Waals surface area contributed by atoms with Gasteiger partial charge in [0, 0.05) is 0 Å². The van der Waals surface area contributed by atoms with Crippen LogP contribution in [-0.2, 0) is 4.74 Å². The quantitative estimate of drug-likeness (QED) is 0.202. The maximum atomic E-state index is 5.42. The predicted octanol–water partition coefficient (Wildman–Crippen LogP) is 6.46. The van der Waals surface area contributed by atoms with E-state index in [0.29, 0.717) is 9.98 Å². The molecule has 132 valence electrons. The molecule has 0 saturated carbocycles.